The minimum atomic E-state index is -0.130. The molecule has 0 saturated heterocycles. The number of benzene rings is 1. The molecule has 1 aromatic carbocycles. The number of likely N-dealkylation sites (N-methyl/N-ethyl adjacent to an activating group) is 1. The highest BCUT2D eigenvalue weighted by Gasteiger charge is 2.08. The third kappa shape index (κ3) is 5.68. The van der Waals surface area contributed by atoms with Crippen LogP contribution in [0.4, 0.5) is 4.39 Å². The zero-order valence-corrected chi connectivity index (χ0v) is 12.2. The molecule has 3 nitrogen and oxygen atoms in total. The lowest BCUT2D eigenvalue weighted by atomic mass is 10.1. The van der Waals surface area contributed by atoms with Crippen LogP contribution >= 0.6 is 0 Å². The van der Waals surface area contributed by atoms with Gasteiger partial charge in [0.25, 0.3) is 0 Å². The normalized spacial score (nSPS) is 11.2. The highest BCUT2D eigenvalue weighted by molar-refractivity contribution is 5.25. The van der Waals surface area contributed by atoms with Crippen LogP contribution in [0.15, 0.2) is 18.2 Å². The van der Waals surface area contributed by atoms with Crippen molar-refractivity contribution in [3.8, 4) is 0 Å². The smallest absolute Gasteiger partial charge is 0.127 e. The third-order valence-corrected chi connectivity index (χ3v) is 3.09. The average molecular weight is 268 g/mol. The van der Waals surface area contributed by atoms with E-state index in [0.29, 0.717) is 13.2 Å². The van der Waals surface area contributed by atoms with E-state index in [1.165, 1.54) is 0 Å². The van der Waals surface area contributed by atoms with Gasteiger partial charge in [-0.3, -0.25) is 4.90 Å². The number of hydrogen-bond acceptors (Lipinski definition) is 3. The van der Waals surface area contributed by atoms with Gasteiger partial charge in [-0.15, -0.1) is 0 Å². The lowest BCUT2D eigenvalue weighted by Gasteiger charge is -2.21. The summed E-state index contributed by atoms with van der Waals surface area (Å²) in [5.41, 5.74) is 1.87. The number of rotatable bonds is 9. The maximum absolute atomic E-state index is 13.8. The molecule has 0 aliphatic heterocycles. The Morgan fingerprint density at radius 3 is 2.74 bits per heavy atom. The first-order valence-electron chi connectivity index (χ1n) is 6.93. The molecule has 0 aliphatic rings. The fraction of sp³-hybridized carbons (Fsp3) is 0.600. The molecule has 1 rings (SSSR count). The van der Waals surface area contributed by atoms with Crippen molar-refractivity contribution < 1.29 is 9.13 Å². The van der Waals surface area contributed by atoms with Crippen LogP contribution in [0.2, 0.25) is 0 Å². The van der Waals surface area contributed by atoms with Gasteiger partial charge >= 0.3 is 0 Å². The van der Waals surface area contributed by atoms with Crippen LogP contribution in [-0.4, -0.2) is 38.3 Å². The maximum Gasteiger partial charge on any atom is 0.127 e. The van der Waals surface area contributed by atoms with Crippen molar-refractivity contribution in [1.82, 2.24) is 10.2 Å². The summed E-state index contributed by atoms with van der Waals surface area (Å²) < 4.78 is 19.2. The van der Waals surface area contributed by atoms with E-state index in [9.17, 15) is 4.39 Å². The summed E-state index contributed by atoms with van der Waals surface area (Å²) in [6.45, 7) is 8.61. The molecule has 0 unspecified atom stereocenters. The van der Waals surface area contributed by atoms with Crippen molar-refractivity contribution in [2.75, 3.05) is 33.4 Å². The second-order valence-corrected chi connectivity index (χ2v) is 4.52. The molecule has 0 atom stereocenters. The summed E-state index contributed by atoms with van der Waals surface area (Å²) in [5.74, 6) is -0.130. The molecular formula is C15H25FN2O. The molecule has 108 valence electrons. The van der Waals surface area contributed by atoms with Crippen molar-refractivity contribution >= 4 is 0 Å². The van der Waals surface area contributed by atoms with E-state index >= 15 is 0 Å². The van der Waals surface area contributed by atoms with Crippen LogP contribution in [0, 0.1) is 5.82 Å². The Kier molecular flexibility index (Phi) is 7.63. The number of nitrogens with zero attached hydrogens (tertiary/aromatic N) is 1. The minimum absolute atomic E-state index is 0.130. The van der Waals surface area contributed by atoms with Gasteiger partial charge in [0.2, 0.25) is 0 Å². The Bertz CT molecular complexity index is 371. The predicted octanol–water partition coefficient (Wildman–Crippen LogP) is 2.40. The third-order valence-electron chi connectivity index (χ3n) is 3.09. The monoisotopic (exact) mass is 268 g/mol. The van der Waals surface area contributed by atoms with E-state index in [1.807, 2.05) is 26.1 Å². The zero-order valence-electron chi connectivity index (χ0n) is 12.2. The molecule has 1 aromatic rings. The molecular weight excluding hydrogens is 243 g/mol. The predicted molar refractivity (Wildman–Crippen MR) is 76.6 cm³/mol. The maximum atomic E-state index is 13.8. The molecule has 1 N–H and O–H groups in total. The van der Waals surface area contributed by atoms with Crippen molar-refractivity contribution in [2.24, 2.45) is 0 Å². The van der Waals surface area contributed by atoms with Gasteiger partial charge in [0.15, 0.2) is 0 Å². The quantitative estimate of drug-likeness (QED) is 0.696. The zero-order chi connectivity index (χ0) is 14.1. The fourth-order valence-electron chi connectivity index (χ4n) is 1.99. The lowest BCUT2D eigenvalue weighted by Crippen LogP contribution is -2.27. The number of hydrogen-bond donors (Lipinski definition) is 1. The summed E-state index contributed by atoms with van der Waals surface area (Å²) >= 11 is 0. The van der Waals surface area contributed by atoms with Gasteiger partial charge in [-0.25, -0.2) is 4.39 Å². The Morgan fingerprint density at radius 2 is 2.11 bits per heavy atom. The van der Waals surface area contributed by atoms with E-state index in [4.69, 9.17) is 4.74 Å². The van der Waals surface area contributed by atoms with E-state index in [2.05, 4.69) is 17.1 Å². The van der Waals surface area contributed by atoms with Crippen LogP contribution < -0.4 is 5.32 Å². The number of ether oxygens (including phenoxy) is 1. The highest BCUT2D eigenvalue weighted by Crippen LogP contribution is 2.13. The molecule has 0 aromatic heterocycles. The average Bonchev–Trinajstić information content (AvgIpc) is 2.41. The van der Waals surface area contributed by atoms with Crippen molar-refractivity contribution in [3.05, 3.63) is 35.1 Å². The van der Waals surface area contributed by atoms with E-state index in [-0.39, 0.29) is 5.82 Å². The fourth-order valence-corrected chi connectivity index (χ4v) is 1.99. The van der Waals surface area contributed by atoms with E-state index in [1.54, 1.807) is 6.07 Å². The molecule has 4 heteroatoms. The van der Waals surface area contributed by atoms with Gasteiger partial charge in [-0.05, 0) is 32.1 Å². The molecule has 0 spiro atoms. The van der Waals surface area contributed by atoms with Gasteiger partial charge in [0, 0.05) is 31.8 Å². The molecule has 0 bridgehead atoms. The molecule has 0 radical (unpaired) electrons. The van der Waals surface area contributed by atoms with Crippen LogP contribution in [0.1, 0.15) is 25.0 Å². The summed E-state index contributed by atoms with van der Waals surface area (Å²) in [6, 6.07) is 5.32. The Morgan fingerprint density at radius 1 is 1.32 bits per heavy atom. The molecule has 0 heterocycles. The van der Waals surface area contributed by atoms with Crippen molar-refractivity contribution in [2.45, 2.75) is 26.9 Å². The van der Waals surface area contributed by atoms with Crippen LogP contribution in [0.5, 0.6) is 0 Å². The number of nitrogens with one attached hydrogen (secondary N) is 1. The topological polar surface area (TPSA) is 24.5 Å². The Labute approximate surface area is 115 Å². The molecule has 0 saturated carbocycles. The first-order chi connectivity index (χ1) is 9.21. The van der Waals surface area contributed by atoms with Crippen molar-refractivity contribution in [1.29, 1.82) is 0 Å². The first-order valence-corrected chi connectivity index (χ1v) is 6.93. The van der Waals surface area contributed by atoms with Gasteiger partial charge in [0.05, 0.1) is 6.61 Å². The molecule has 0 fully saturated rings. The Hall–Kier alpha value is -0.970. The summed E-state index contributed by atoms with van der Waals surface area (Å²) in [6.07, 6.45) is 0. The first kappa shape index (κ1) is 16.1. The second-order valence-electron chi connectivity index (χ2n) is 4.52. The standard InChI is InChI=1S/C15H25FN2O/c1-4-18(8-9-19-5-2)12-14-10-13(11-17-3)6-7-15(14)16/h6-7,10,17H,4-5,8-9,11-12H2,1-3H3. The summed E-state index contributed by atoms with van der Waals surface area (Å²) in [5, 5.41) is 3.08. The lowest BCUT2D eigenvalue weighted by molar-refractivity contribution is 0.112. The largest absolute Gasteiger partial charge is 0.380 e. The minimum Gasteiger partial charge on any atom is -0.380 e. The van der Waals surface area contributed by atoms with E-state index < -0.39 is 0 Å². The van der Waals surface area contributed by atoms with Gasteiger partial charge in [-0.2, -0.15) is 0 Å². The molecule has 0 amide bonds. The van der Waals surface area contributed by atoms with Gasteiger partial charge in [-0.1, -0.05) is 19.1 Å². The molecule has 0 aliphatic carbocycles. The van der Waals surface area contributed by atoms with Crippen LogP contribution in [0.3, 0.4) is 0 Å². The van der Waals surface area contributed by atoms with Gasteiger partial charge in [0.1, 0.15) is 5.82 Å². The second kappa shape index (κ2) is 9.02. The Balaban J connectivity index is 2.64. The van der Waals surface area contributed by atoms with Gasteiger partial charge < -0.3 is 10.1 Å². The van der Waals surface area contributed by atoms with Crippen molar-refractivity contribution in [3.63, 3.8) is 0 Å². The van der Waals surface area contributed by atoms with Crippen LogP contribution in [-0.2, 0) is 17.8 Å². The number of halogens is 1. The summed E-state index contributed by atoms with van der Waals surface area (Å²) in [4.78, 5) is 2.19. The highest BCUT2D eigenvalue weighted by atomic mass is 19.1. The van der Waals surface area contributed by atoms with Crippen LogP contribution in [0.25, 0.3) is 0 Å². The SMILES string of the molecule is CCOCCN(CC)Cc1cc(CNC)ccc1F. The molecule has 19 heavy (non-hydrogen) atoms. The summed E-state index contributed by atoms with van der Waals surface area (Å²) in [7, 11) is 1.89. The van der Waals surface area contributed by atoms with E-state index in [0.717, 1.165) is 37.4 Å².